The highest BCUT2D eigenvalue weighted by molar-refractivity contribution is 7.99. The fourth-order valence-corrected chi connectivity index (χ4v) is 2.21. The molecule has 0 atom stereocenters. The zero-order chi connectivity index (χ0) is 16.1. The third kappa shape index (κ3) is 3.92. The molecule has 1 aromatic carbocycles. The lowest BCUT2D eigenvalue weighted by molar-refractivity contribution is -0.113. The zero-order valence-corrected chi connectivity index (χ0v) is 12.5. The van der Waals surface area contributed by atoms with Gasteiger partial charge in [0, 0.05) is 11.3 Å². The molecule has 0 aliphatic heterocycles. The number of nitrogens with zero attached hydrogens (tertiary/aromatic N) is 3. The molecule has 8 nitrogen and oxygen atoms in total. The first-order valence-electron chi connectivity index (χ1n) is 6.21. The van der Waals surface area contributed by atoms with Crippen LogP contribution in [0.1, 0.15) is 17.3 Å². The molecule has 1 heterocycles. The Labute approximate surface area is 129 Å². The Kier molecular flexibility index (Phi) is 4.89. The van der Waals surface area contributed by atoms with E-state index in [9.17, 15) is 14.4 Å². The summed E-state index contributed by atoms with van der Waals surface area (Å²) in [4.78, 5) is 34.2. The average Bonchev–Trinajstić information content (AvgIpc) is 2.49. The minimum Gasteiger partial charge on any atom is -0.334 e. The van der Waals surface area contributed by atoms with Crippen LogP contribution in [-0.4, -0.2) is 32.3 Å². The molecule has 2 rings (SSSR count). The first-order valence-corrected chi connectivity index (χ1v) is 7.19. The van der Waals surface area contributed by atoms with Gasteiger partial charge in [-0.05, 0) is 31.2 Å². The SMILES string of the molecule is CC(=O)c1ccc(NC(=O)CSc2nncc(=O)n2N)cc1. The Bertz CT molecular complexity index is 757. The van der Waals surface area contributed by atoms with Gasteiger partial charge in [-0.15, -0.1) is 5.10 Å². The molecule has 0 spiro atoms. The number of hydrogen-bond donors (Lipinski definition) is 2. The lowest BCUT2D eigenvalue weighted by Crippen LogP contribution is -2.30. The Morgan fingerprint density at radius 2 is 2.00 bits per heavy atom. The predicted molar refractivity (Wildman–Crippen MR) is 82.2 cm³/mol. The van der Waals surface area contributed by atoms with Crippen molar-refractivity contribution in [2.24, 2.45) is 0 Å². The third-order valence-electron chi connectivity index (χ3n) is 2.66. The van der Waals surface area contributed by atoms with Crippen molar-refractivity contribution in [2.75, 3.05) is 16.9 Å². The lowest BCUT2D eigenvalue weighted by Gasteiger charge is -2.06. The van der Waals surface area contributed by atoms with Gasteiger partial charge >= 0.3 is 0 Å². The van der Waals surface area contributed by atoms with E-state index >= 15 is 0 Å². The van der Waals surface area contributed by atoms with Crippen molar-refractivity contribution in [3.05, 3.63) is 46.4 Å². The van der Waals surface area contributed by atoms with Gasteiger partial charge in [-0.25, -0.2) is 0 Å². The van der Waals surface area contributed by atoms with Crippen LogP contribution in [0.25, 0.3) is 0 Å². The number of rotatable bonds is 5. The molecule has 22 heavy (non-hydrogen) atoms. The van der Waals surface area contributed by atoms with Crippen molar-refractivity contribution >= 4 is 29.1 Å². The first kappa shape index (κ1) is 15.7. The molecule has 2 aromatic rings. The van der Waals surface area contributed by atoms with Crippen molar-refractivity contribution in [2.45, 2.75) is 12.1 Å². The van der Waals surface area contributed by atoms with Gasteiger partial charge in [-0.1, -0.05) is 11.8 Å². The average molecular weight is 319 g/mol. The second-order valence-corrected chi connectivity index (χ2v) is 5.25. The summed E-state index contributed by atoms with van der Waals surface area (Å²) in [5.74, 6) is 5.16. The van der Waals surface area contributed by atoms with Crippen LogP contribution in [0.5, 0.6) is 0 Å². The fraction of sp³-hybridized carbons (Fsp3) is 0.154. The summed E-state index contributed by atoms with van der Waals surface area (Å²) in [5, 5.41) is 9.98. The number of amides is 1. The molecule has 1 amide bonds. The Morgan fingerprint density at radius 1 is 1.32 bits per heavy atom. The van der Waals surface area contributed by atoms with Crippen molar-refractivity contribution in [3.8, 4) is 0 Å². The Hall–Kier alpha value is -2.68. The van der Waals surface area contributed by atoms with E-state index in [4.69, 9.17) is 5.84 Å². The van der Waals surface area contributed by atoms with Crippen molar-refractivity contribution < 1.29 is 9.59 Å². The number of nitrogen functional groups attached to an aromatic ring is 1. The van der Waals surface area contributed by atoms with E-state index in [1.807, 2.05) is 0 Å². The molecule has 0 unspecified atom stereocenters. The Balaban J connectivity index is 1.94. The molecule has 0 saturated carbocycles. The predicted octanol–water partition coefficient (Wildman–Crippen LogP) is 0.285. The molecule has 1 aromatic heterocycles. The summed E-state index contributed by atoms with van der Waals surface area (Å²) < 4.78 is 0.826. The number of benzene rings is 1. The van der Waals surface area contributed by atoms with Gasteiger partial charge in [-0.3, -0.25) is 14.4 Å². The van der Waals surface area contributed by atoms with Crippen LogP contribution in [0.4, 0.5) is 5.69 Å². The van der Waals surface area contributed by atoms with Crippen LogP contribution in [0, 0.1) is 0 Å². The highest BCUT2D eigenvalue weighted by atomic mass is 32.2. The van der Waals surface area contributed by atoms with Crippen LogP contribution < -0.4 is 16.7 Å². The smallest absolute Gasteiger partial charge is 0.291 e. The van der Waals surface area contributed by atoms with E-state index in [0.29, 0.717) is 11.3 Å². The third-order valence-corrected chi connectivity index (χ3v) is 3.61. The number of anilines is 1. The maximum Gasteiger partial charge on any atom is 0.291 e. The molecule has 3 N–H and O–H groups in total. The Morgan fingerprint density at radius 3 is 2.64 bits per heavy atom. The number of Topliss-reactive ketones (excluding diaryl/α,β-unsaturated/α-hetero) is 1. The van der Waals surface area contributed by atoms with E-state index in [2.05, 4.69) is 15.5 Å². The molecule has 0 aliphatic carbocycles. The maximum atomic E-state index is 11.8. The largest absolute Gasteiger partial charge is 0.334 e. The first-order chi connectivity index (χ1) is 10.5. The summed E-state index contributed by atoms with van der Waals surface area (Å²) in [6, 6.07) is 6.54. The number of aromatic nitrogens is 3. The van der Waals surface area contributed by atoms with E-state index < -0.39 is 5.56 Å². The molecule has 0 fully saturated rings. The van der Waals surface area contributed by atoms with Gasteiger partial charge in [0.1, 0.15) is 6.20 Å². The molecule has 0 saturated heterocycles. The zero-order valence-electron chi connectivity index (χ0n) is 11.6. The van der Waals surface area contributed by atoms with Gasteiger partial charge in [0.25, 0.3) is 5.56 Å². The van der Waals surface area contributed by atoms with Crippen LogP contribution in [0.3, 0.4) is 0 Å². The standard InChI is InChI=1S/C13H13N5O3S/c1-8(19)9-2-4-10(5-3-9)16-11(20)7-22-13-17-15-6-12(21)18(13)14/h2-6H,7,14H2,1H3,(H,16,20). The van der Waals surface area contributed by atoms with Crippen LogP contribution in [0.15, 0.2) is 40.4 Å². The lowest BCUT2D eigenvalue weighted by atomic mass is 10.1. The maximum absolute atomic E-state index is 11.8. The highest BCUT2D eigenvalue weighted by Gasteiger charge is 2.09. The summed E-state index contributed by atoms with van der Waals surface area (Å²) >= 11 is 0.995. The molecule has 9 heteroatoms. The number of nitrogens with one attached hydrogen (secondary N) is 1. The molecular formula is C13H13N5O3S. The van der Waals surface area contributed by atoms with Crippen molar-refractivity contribution in [3.63, 3.8) is 0 Å². The van der Waals surface area contributed by atoms with E-state index in [0.717, 1.165) is 22.6 Å². The van der Waals surface area contributed by atoms with Gasteiger partial charge < -0.3 is 11.2 Å². The number of ketones is 1. The van der Waals surface area contributed by atoms with Gasteiger partial charge in [0.05, 0.1) is 5.75 Å². The second-order valence-electron chi connectivity index (χ2n) is 4.31. The molecule has 0 radical (unpaired) electrons. The van der Waals surface area contributed by atoms with Crippen LogP contribution in [-0.2, 0) is 4.79 Å². The fourth-order valence-electron chi connectivity index (χ4n) is 1.55. The normalized spacial score (nSPS) is 10.2. The number of nitrogens with two attached hydrogens (primary N) is 1. The summed E-state index contributed by atoms with van der Waals surface area (Å²) in [5.41, 5.74) is 0.636. The van der Waals surface area contributed by atoms with Crippen molar-refractivity contribution in [1.29, 1.82) is 0 Å². The van der Waals surface area contributed by atoms with Gasteiger partial charge in [0.2, 0.25) is 11.1 Å². The van der Waals surface area contributed by atoms with Crippen LogP contribution >= 0.6 is 11.8 Å². The molecule has 114 valence electrons. The monoisotopic (exact) mass is 319 g/mol. The number of carbonyl (C=O) groups is 2. The van der Waals surface area contributed by atoms with Gasteiger partial charge in [0.15, 0.2) is 5.78 Å². The molecule has 0 bridgehead atoms. The van der Waals surface area contributed by atoms with E-state index in [1.165, 1.54) is 6.92 Å². The number of hydrogen-bond acceptors (Lipinski definition) is 7. The topological polar surface area (TPSA) is 120 Å². The highest BCUT2D eigenvalue weighted by Crippen LogP contribution is 2.13. The second kappa shape index (κ2) is 6.85. The quantitative estimate of drug-likeness (QED) is 0.461. The summed E-state index contributed by atoms with van der Waals surface area (Å²) in [7, 11) is 0. The number of thioether (sulfide) groups is 1. The minimum absolute atomic E-state index is 0.0177. The van der Waals surface area contributed by atoms with Crippen LogP contribution in [0.2, 0.25) is 0 Å². The summed E-state index contributed by atoms with van der Waals surface area (Å²) in [6.45, 7) is 1.47. The van der Waals surface area contributed by atoms with Gasteiger partial charge in [-0.2, -0.15) is 9.77 Å². The number of carbonyl (C=O) groups excluding carboxylic acids is 2. The molecule has 0 aliphatic rings. The minimum atomic E-state index is -0.502. The van der Waals surface area contributed by atoms with E-state index in [-0.39, 0.29) is 22.6 Å². The molecular weight excluding hydrogens is 306 g/mol. The summed E-state index contributed by atoms with van der Waals surface area (Å²) in [6.07, 6.45) is 0.987. The van der Waals surface area contributed by atoms with Crippen molar-refractivity contribution in [1.82, 2.24) is 14.9 Å². The van der Waals surface area contributed by atoms with E-state index in [1.54, 1.807) is 24.3 Å².